The van der Waals surface area contributed by atoms with E-state index in [9.17, 15) is 4.79 Å². The molecule has 2 N–H and O–H groups in total. The molecule has 1 aromatic heterocycles. The van der Waals surface area contributed by atoms with Gasteiger partial charge in [0.05, 0.1) is 11.0 Å². The first-order valence-corrected chi connectivity index (χ1v) is 9.49. The molecule has 0 radical (unpaired) electrons. The van der Waals surface area contributed by atoms with Crippen LogP contribution >= 0.6 is 23.5 Å². The lowest BCUT2D eigenvalue weighted by molar-refractivity contribution is -0.115. The zero-order valence-electron chi connectivity index (χ0n) is 13.6. The van der Waals surface area contributed by atoms with Gasteiger partial charge in [0.15, 0.2) is 5.16 Å². The fourth-order valence-electron chi connectivity index (χ4n) is 2.29. The molecule has 1 amide bonds. The third kappa shape index (κ3) is 4.78. The number of fused-ring (bicyclic) bond motifs is 1. The van der Waals surface area contributed by atoms with Crippen LogP contribution < -0.4 is 5.32 Å². The van der Waals surface area contributed by atoms with Gasteiger partial charge in [0, 0.05) is 22.8 Å². The smallest absolute Gasteiger partial charge is 0.225 e. The van der Waals surface area contributed by atoms with Crippen molar-refractivity contribution in [3.05, 3.63) is 48.0 Å². The summed E-state index contributed by atoms with van der Waals surface area (Å²) in [5.41, 5.74) is 3.87. The Hall–Kier alpha value is -2.43. The Bertz CT molecular complexity index is 928. The van der Waals surface area contributed by atoms with E-state index in [1.165, 1.54) is 17.3 Å². The molecule has 126 valence electrons. The zero-order chi connectivity index (χ0) is 17.6. The van der Waals surface area contributed by atoms with Gasteiger partial charge in [-0.1, -0.05) is 17.8 Å². The highest BCUT2D eigenvalue weighted by Gasteiger charge is 2.06. The molecule has 0 spiro atoms. The number of hydrogen-bond donors (Lipinski definition) is 2. The van der Waals surface area contributed by atoms with Crippen LogP contribution in [0.1, 0.15) is 12.0 Å². The number of carbonyl (C=O) groups excluding carboxylic acids is 1. The Labute approximate surface area is 154 Å². The highest BCUT2D eigenvalue weighted by atomic mass is 32.2. The van der Waals surface area contributed by atoms with Gasteiger partial charge >= 0.3 is 0 Å². The Kier molecular flexibility index (Phi) is 5.64. The molecule has 0 aliphatic rings. The molecular formula is C18H16N4OS2. The summed E-state index contributed by atoms with van der Waals surface area (Å²) in [6.45, 7) is 2.04. The largest absolute Gasteiger partial charge is 0.333 e. The molecule has 0 saturated heterocycles. The number of amides is 1. The van der Waals surface area contributed by atoms with Crippen molar-refractivity contribution in [2.75, 3.05) is 11.1 Å². The molecule has 0 aliphatic carbocycles. The normalized spacial score (nSPS) is 10.6. The number of aromatic amines is 1. The number of imidazole rings is 1. The van der Waals surface area contributed by atoms with E-state index in [0.717, 1.165) is 38.5 Å². The molecule has 0 saturated carbocycles. The molecule has 0 aliphatic heterocycles. The van der Waals surface area contributed by atoms with Crippen LogP contribution in [0.2, 0.25) is 0 Å². The second-order valence-corrected chi connectivity index (χ2v) is 7.37. The summed E-state index contributed by atoms with van der Waals surface area (Å²) < 4.78 is 0. The van der Waals surface area contributed by atoms with Gasteiger partial charge < -0.3 is 10.3 Å². The zero-order valence-corrected chi connectivity index (χ0v) is 15.2. The second-order valence-electron chi connectivity index (χ2n) is 5.43. The SMILES string of the molecule is Cc1ccc2nc(SCCC(=O)Nc3ccc(SC#N)cc3)[nH]c2c1. The number of nitrogens with zero attached hydrogens (tertiary/aromatic N) is 2. The number of rotatable bonds is 6. The van der Waals surface area contributed by atoms with E-state index >= 15 is 0 Å². The van der Waals surface area contributed by atoms with Crippen molar-refractivity contribution in [3.8, 4) is 5.40 Å². The average Bonchev–Trinajstić information content (AvgIpc) is 2.98. The van der Waals surface area contributed by atoms with E-state index < -0.39 is 0 Å². The Morgan fingerprint density at radius 2 is 2.08 bits per heavy atom. The van der Waals surface area contributed by atoms with E-state index in [1.807, 2.05) is 36.6 Å². The van der Waals surface area contributed by atoms with Crippen molar-refractivity contribution in [2.24, 2.45) is 0 Å². The van der Waals surface area contributed by atoms with E-state index in [4.69, 9.17) is 5.26 Å². The summed E-state index contributed by atoms with van der Waals surface area (Å²) in [5.74, 6) is 0.604. The third-order valence-electron chi connectivity index (χ3n) is 3.49. The number of hydrogen-bond acceptors (Lipinski definition) is 5. The molecule has 0 atom stereocenters. The van der Waals surface area contributed by atoms with Crippen LogP contribution in [0.3, 0.4) is 0 Å². The van der Waals surface area contributed by atoms with Crippen molar-refractivity contribution in [3.63, 3.8) is 0 Å². The molecule has 0 fully saturated rings. The fourth-order valence-corrected chi connectivity index (χ4v) is 3.49. The van der Waals surface area contributed by atoms with Crippen LogP contribution in [-0.4, -0.2) is 21.6 Å². The maximum atomic E-state index is 12.0. The van der Waals surface area contributed by atoms with Crippen LogP contribution in [0.4, 0.5) is 5.69 Å². The van der Waals surface area contributed by atoms with E-state index in [0.29, 0.717) is 12.2 Å². The Balaban J connectivity index is 1.49. The first-order valence-electron chi connectivity index (χ1n) is 7.69. The van der Waals surface area contributed by atoms with Crippen molar-refractivity contribution in [1.29, 1.82) is 5.26 Å². The highest BCUT2D eigenvalue weighted by molar-refractivity contribution is 8.03. The fraction of sp³-hybridized carbons (Fsp3) is 0.167. The number of nitrogens with one attached hydrogen (secondary N) is 2. The number of carbonyl (C=O) groups is 1. The van der Waals surface area contributed by atoms with Crippen molar-refractivity contribution >= 4 is 46.2 Å². The number of H-pyrrole nitrogens is 1. The van der Waals surface area contributed by atoms with Gasteiger partial charge in [-0.2, -0.15) is 5.26 Å². The van der Waals surface area contributed by atoms with Crippen LogP contribution in [0, 0.1) is 17.6 Å². The van der Waals surface area contributed by atoms with Crippen LogP contribution in [0.5, 0.6) is 0 Å². The first kappa shape index (κ1) is 17.4. The van der Waals surface area contributed by atoms with Gasteiger partial charge in [-0.15, -0.1) is 0 Å². The predicted molar refractivity (Wildman–Crippen MR) is 103 cm³/mol. The number of benzene rings is 2. The van der Waals surface area contributed by atoms with Gasteiger partial charge in [0.25, 0.3) is 0 Å². The number of aryl methyl sites for hydroxylation is 1. The molecule has 0 unspecified atom stereocenters. The summed E-state index contributed by atoms with van der Waals surface area (Å²) in [6, 6.07) is 13.3. The van der Waals surface area contributed by atoms with E-state index in [1.54, 1.807) is 12.1 Å². The molecule has 25 heavy (non-hydrogen) atoms. The highest BCUT2D eigenvalue weighted by Crippen LogP contribution is 2.22. The van der Waals surface area contributed by atoms with Crippen molar-refractivity contribution in [1.82, 2.24) is 9.97 Å². The number of thiocyanates is 1. The monoisotopic (exact) mass is 368 g/mol. The van der Waals surface area contributed by atoms with Gasteiger partial charge in [-0.3, -0.25) is 4.79 Å². The summed E-state index contributed by atoms with van der Waals surface area (Å²) in [7, 11) is 0. The van der Waals surface area contributed by atoms with Crippen molar-refractivity contribution in [2.45, 2.75) is 23.4 Å². The molecule has 1 heterocycles. The summed E-state index contributed by atoms with van der Waals surface area (Å²) in [6.07, 6.45) is 0.398. The van der Waals surface area contributed by atoms with Gasteiger partial charge in [-0.05, 0) is 60.6 Å². The second kappa shape index (κ2) is 8.10. The van der Waals surface area contributed by atoms with Crippen LogP contribution in [-0.2, 0) is 4.79 Å². The molecule has 7 heteroatoms. The number of nitriles is 1. The number of aromatic nitrogens is 2. The number of thioether (sulfide) groups is 2. The Morgan fingerprint density at radius 1 is 1.28 bits per heavy atom. The minimum Gasteiger partial charge on any atom is -0.333 e. The molecule has 0 bridgehead atoms. The lowest BCUT2D eigenvalue weighted by Gasteiger charge is -2.05. The third-order valence-corrected chi connectivity index (χ3v) is 4.96. The molecular weight excluding hydrogens is 352 g/mol. The molecule has 2 aromatic carbocycles. The Morgan fingerprint density at radius 3 is 2.84 bits per heavy atom. The van der Waals surface area contributed by atoms with Gasteiger partial charge in [-0.25, -0.2) is 4.98 Å². The quantitative estimate of drug-likeness (QED) is 0.492. The topological polar surface area (TPSA) is 81.6 Å². The molecule has 3 aromatic rings. The van der Waals surface area contributed by atoms with Gasteiger partial charge in [0.1, 0.15) is 5.40 Å². The minimum absolute atomic E-state index is 0.0415. The van der Waals surface area contributed by atoms with Crippen LogP contribution in [0.15, 0.2) is 52.5 Å². The summed E-state index contributed by atoms with van der Waals surface area (Å²) in [5, 5.41) is 14.3. The van der Waals surface area contributed by atoms with Crippen LogP contribution in [0.25, 0.3) is 11.0 Å². The molecule has 5 nitrogen and oxygen atoms in total. The van der Waals surface area contributed by atoms with Crippen molar-refractivity contribution < 1.29 is 4.79 Å². The standard InChI is InChI=1S/C18H16N4OS2/c1-12-2-7-15-16(10-12)22-18(21-15)24-9-8-17(23)20-13-3-5-14(6-4-13)25-11-19/h2-7,10H,8-9H2,1H3,(H,20,23)(H,21,22). The lowest BCUT2D eigenvalue weighted by Crippen LogP contribution is -2.12. The first-order chi connectivity index (χ1) is 12.1. The maximum Gasteiger partial charge on any atom is 0.225 e. The van der Waals surface area contributed by atoms with Gasteiger partial charge in [0.2, 0.25) is 5.91 Å². The molecule has 3 rings (SSSR count). The lowest BCUT2D eigenvalue weighted by atomic mass is 10.2. The van der Waals surface area contributed by atoms with E-state index in [2.05, 4.69) is 21.4 Å². The summed E-state index contributed by atoms with van der Waals surface area (Å²) >= 11 is 2.63. The maximum absolute atomic E-state index is 12.0. The number of anilines is 1. The average molecular weight is 368 g/mol. The van der Waals surface area contributed by atoms with E-state index in [-0.39, 0.29) is 5.91 Å². The predicted octanol–water partition coefficient (Wildman–Crippen LogP) is 4.57. The minimum atomic E-state index is -0.0415. The summed E-state index contributed by atoms with van der Waals surface area (Å²) in [4.78, 5) is 20.7.